The molecule has 4 N–H and O–H groups in total. The fraction of sp³-hybridized carbons (Fsp3) is 0.190. The number of nitrogens with two attached hydrogens (primary N) is 2. The maximum Gasteiger partial charge on any atom is 0.289 e. The zero-order chi connectivity index (χ0) is 20.4. The maximum absolute atomic E-state index is 12.6. The summed E-state index contributed by atoms with van der Waals surface area (Å²) in [7, 11) is 0. The van der Waals surface area contributed by atoms with E-state index in [0.717, 1.165) is 5.56 Å². The molecular weight excluding hydrogens is 358 g/mol. The predicted octanol–water partition coefficient (Wildman–Crippen LogP) is 1.92. The van der Waals surface area contributed by atoms with Gasteiger partial charge < -0.3 is 20.8 Å². The largest absolute Gasteiger partial charge is 0.480 e. The minimum atomic E-state index is -1.06. The van der Waals surface area contributed by atoms with Crippen molar-refractivity contribution in [1.82, 2.24) is 4.57 Å². The van der Waals surface area contributed by atoms with Crippen LogP contribution in [0.1, 0.15) is 28.5 Å². The number of ether oxygens (including phenoxy) is 1. The highest BCUT2D eigenvalue weighted by Crippen LogP contribution is 2.35. The molecular formula is C21H21N3O4. The van der Waals surface area contributed by atoms with Crippen LogP contribution in [-0.2, 0) is 16.1 Å². The molecule has 3 aromatic rings. The monoisotopic (exact) mass is 379 g/mol. The van der Waals surface area contributed by atoms with Crippen molar-refractivity contribution in [2.24, 2.45) is 11.5 Å². The Kier molecular flexibility index (Phi) is 5.17. The van der Waals surface area contributed by atoms with Crippen molar-refractivity contribution in [1.29, 1.82) is 0 Å². The van der Waals surface area contributed by atoms with Gasteiger partial charge in [-0.1, -0.05) is 36.4 Å². The second-order valence-electron chi connectivity index (χ2n) is 6.54. The molecule has 0 aliphatic heterocycles. The van der Waals surface area contributed by atoms with Crippen LogP contribution in [0, 0.1) is 6.92 Å². The minimum Gasteiger partial charge on any atom is -0.480 e. The number of rotatable bonds is 7. The standard InChI is InChI=1S/C21H21N3O4/c1-12-17(19(25)21(23)27)18-15(24(12)11-14-7-4-3-5-8-14)9-6-10-16(18)28-13(2)20(22)26/h3-10,13H,11H2,1-2H3,(H2,22,26)(H2,23,27). The molecule has 0 bridgehead atoms. The fourth-order valence-corrected chi connectivity index (χ4v) is 3.21. The highest BCUT2D eigenvalue weighted by atomic mass is 16.5. The van der Waals surface area contributed by atoms with Gasteiger partial charge in [-0.05, 0) is 31.5 Å². The first-order valence-electron chi connectivity index (χ1n) is 8.77. The molecule has 3 rings (SSSR count). The van der Waals surface area contributed by atoms with Crippen molar-refractivity contribution in [3.05, 3.63) is 65.4 Å². The highest BCUT2D eigenvalue weighted by Gasteiger charge is 2.27. The van der Waals surface area contributed by atoms with Gasteiger partial charge in [-0.15, -0.1) is 0 Å². The van der Waals surface area contributed by atoms with Crippen molar-refractivity contribution in [2.45, 2.75) is 26.5 Å². The summed E-state index contributed by atoms with van der Waals surface area (Å²) in [5.41, 5.74) is 13.1. The molecule has 7 nitrogen and oxygen atoms in total. The van der Waals surface area contributed by atoms with Gasteiger partial charge >= 0.3 is 0 Å². The lowest BCUT2D eigenvalue weighted by atomic mass is 10.1. The molecule has 0 aliphatic rings. The Balaban J connectivity index is 2.25. The van der Waals surface area contributed by atoms with E-state index in [0.29, 0.717) is 28.9 Å². The smallest absolute Gasteiger partial charge is 0.289 e. The summed E-state index contributed by atoms with van der Waals surface area (Å²) in [6.45, 7) is 3.76. The van der Waals surface area contributed by atoms with E-state index >= 15 is 0 Å². The Morgan fingerprint density at radius 3 is 2.32 bits per heavy atom. The molecule has 1 atom stereocenters. The number of Topliss-reactive ketones (excluding diaryl/α,β-unsaturated/α-hetero) is 1. The van der Waals surface area contributed by atoms with E-state index in [9.17, 15) is 14.4 Å². The van der Waals surface area contributed by atoms with Gasteiger partial charge in [0.2, 0.25) is 0 Å². The first-order valence-corrected chi connectivity index (χ1v) is 8.77. The van der Waals surface area contributed by atoms with Crippen molar-refractivity contribution in [3.8, 4) is 5.75 Å². The number of hydrogen-bond acceptors (Lipinski definition) is 4. The molecule has 7 heteroatoms. The molecule has 1 aromatic heterocycles. The second-order valence-corrected chi connectivity index (χ2v) is 6.54. The topological polar surface area (TPSA) is 117 Å². The normalized spacial score (nSPS) is 11.9. The molecule has 0 fully saturated rings. The van der Waals surface area contributed by atoms with Gasteiger partial charge in [0.15, 0.2) is 6.10 Å². The number of primary amides is 2. The van der Waals surface area contributed by atoms with E-state index in [1.54, 1.807) is 19.1 Å². The van der Waals surface area contributed by atoms with Crippen LogP contribution in [0.2, 0.25) is 0 Å². The minimum absolute atomic E-state index is 0.172. The molecule has 0 saturated carbocycles. The summed E-state index contributed by atoms with van der Waals surface area (Å²) in [6, 6.07) is 14.9. The van der Waals surface area contributed by atoms with E-state index in [1.165, 1.54) is 6.92 Å². The average molecular weight is 379 g/mol. The van der Waals surface area contributed by atoms with Gasteiger partial charge in [0.1, 0.15) is 5.75 Å². The Hall–Kier alpha value is -3.61. The van der Waals surface area contributed by atoms with Crippen LogP contribution in [0.25, 0.3) is 10.9 Å². The van der Waals surface area contributed by atoms with E-state index in [2.05, 4.69) is 0 Å². The number of carbonyl (C=O) groups excluding carboxylic acids is 3. The van der Waals surface area contributed by atoms with Crippen molar-refractivity contribution < 1.29 is 19.1 Å². The number of amides is 2. The lowest BCUT2D eigenvalue weighted by Gasteiger charge is -2.13. The molecule has 2 aromatic carbocycles. The third kappa shape index (κ3) is 3.46. The molecule has 144 valence electrons. The summed E-state index contributed by atoms with van der Waals surface area (Å²) in [5.74, 6) is -2.21. The molecule has 2 amide bonds. The van der Waals surface area contributed by atoms with Gasteiger partial charge in [0.05, 0.1) is 16.5 Å². The SMILES string of the molecule is Cc1c(C(=O)C(N)=O)c2c(OC(C)C(N)=O)cccc2n1Cc1ccccc1. The summed E-state index contributed by atoms with van der Waals surface area (Å²) in [5, 5.41) is 0.438. The van der Waals surface area contributed by atoms with Crippen LogP contribution in [0.15, 0.2) is 48.5 Å². The molecule has 28 heavy (non-hydrogen) atoms. The number of carbonyl (C=O) groups is 3. The van der Waals surface area contributed by atoms with Gasteiger partial charge in [-0.25, -0.2) is 0 Å². The summed E-state index contributed by atoms with van der Waals surface area (Å²) in [4.78, 5) is 35.7. The second kappa shape index (κ2) is 7.56. The van der Waals surface area contributed by atoms with Crippen molar-refractivity contribution >= 4 is 28.5 Å². The van der Waals surface area contributed by atoms with Crippen LogP contribution in [0.5, 0.6) is 5.75 Å². The summed E-state index contributed by atoms with van der Waals surface area (Å²) in [6.07, 6.45) is -0.903. The Morgan fingerprint density at radius 2 is 1.71 bits per heavy atom. The van der Waals surface area contributed by atoms with Gasteiger partial charge in [0, 0.05) is 12.2 Å². The average Bonchev–Trinajstić information content (AvgIpc) is 2.94. The van der Waals surface area contributed by atoms with Gasteiger partial charge in [-0.2, -0.15) is 0 Å². The summed E-state index contributed by atoms with van der Waals surface area (Å²) >= 11 is 0. The maximum atomic E-state index is 12.6. The van der Waals surface area contributed by atoms with E-state index in [1.807, 2.05) is 41.0 Å². The number of nitrogens with zero attached hydrogens (tertiary/aromatic N) is 1. The number of benzene rings is 2. The van der Waals surface area contributed by atoms with Crippen molar-refractivity contribution in [2.75, 3.05) is 0 Å². The van der Waals surface area contributed by atoms with Crippen LogP contribution < -0.4 is 16.2 Å². The fourth-order valence-electron chi connectivity index (χ4n) is 3.21. The van der Waals surface area contributed by atoms with Gasteiger partial charge in [0.25, 0.3) is 17.6 Å². The first-order chi connectivity index (χ1) is 13.3. The number of ketones is 1. The Bertz CT molecular complexity index is 1070. The predicted molar refractivity (Wildman–Crippen MR) is 105 cm³/mol. The van der Waals surface area contributed by atoms with Crippen LogP contribution in [0.3, 0.4) is 0 Å². The molecule has 1 unspecified atom stereocenters. The zero-order valence-corrected chi connectivity index (χ0v) is 15.6. The van der Waals surface area contributed by atoms with Crippen LogP contribution in [0.4, 0.5) is 0 Å². The van der Waals surface area contributed by atoms with E-state index in [4.69, 9.17) is 16.2 Å². The molecule has 0 spiro atoms. The molecule has 0 radical (unpaired) electrons. The molecule has 0 saturated heterocycles. The third-order valence-corrected chi connectivity index (χ3v) is 4.65. The Labute approximate surface area is 161 Å². The number of hydrogen-bond donors (Lipinski definition) is 2. The van der Waals surface area contributed by atoms with Crippen LogP contribution in [-0.4, -0.2) is 28.3 Å². The number of aromatic nitrogens is 1. The van der Waals surface area contributed by atoms with E-state index in [-0.39, 0.29) is 5.56 Å². The van der Waals surface area contributed by atoms with Crippen molar-refractivity contribution in [3.63, 3.8) is 0 Å². The lowest BCUT2D eigenvalue weighted by Crippen LogP contribution is -2.30. The van der Waals surface area contributed by atoms with Crippen LogP contribution >= 0.6 is 0 Å². The molecule has 0 aliphatic carbocycles. The summed E-state index contributed by atoms with van der Waals surface area (Å²) < 4.78 is 7.61. The first kappa shape index (κ1) is 19.2. The molecule has 1 heterocycles. The Morgan fingerprint density at radius 1 is 1.04 bits per heavy atom. The zero-order valence-electron chi connectivity index (χ0n) is 15.6. The highest BCUT2D eigenvalue weighted by molar-refractivity contribution is 6.45. The lowest BCUT2D eigenvalue weighted by molar-refractivity contribution is -0.124. The quantitative estimate of drug-likeness (QED) is 0.482. The third-order valence-electron chi connectivity index (χ3n) is 4.65. The van der Waals surface area contributed by atoms with E-state index < -0.39 is 23.7 Å². The number of fused-ring (bicyclic) bond motifs is 1. The van der Waals surface area contributed by atoms with Gasteiger partial charge in [-0.3, -0.25) is 14.4 Å².